The van der Waals surface area contributed by atoms with Gasteiger partial charge in [0, 0.05) is 49.2 Å². The number of hydrogen-bond donors (Lipinski definition) is 2. The number of H-pyrrole nitrogens is 1. The van der Waals surface area contributed by atoms with Gasteiger partial charge in [0.1, 0.15) is 13.2 Å². The molecule has 0 bridgehead atoms. The third-order valence-electron chi connectivity index (χ3n) is 7.17. The first-order valence-corrected chi connectivity index (χ1v) is 13.0. The number of carbonyl (C=O) groups excluding carboxylic acids is 1. The molecule has 1 saturated carbocycles. The minimum Gasteiger partial charge on any atom is -0.486 e. The lowest BCUT2D eigenvalue weighted by atomic mass is 9.96. The Balaban J connectivity index is 1.32. The molecule has 2 amide bonds. The number of ether oxygens (including phenoxy) is 3. The van der Waals surface area contributed by atoms with Gasteiger partial charge in [0.05, 0.1) is 25.3 Å². The maximum absolute atomic E-state index is 13.3. The van der Waals surface area contributed by atoms with Gasteiger partial charge >= 0.3 is 6.03 Å². The molecule has 5 rings (SSSR count). The molecule has 3 aliphatic rings. The molecule has 9 nitrogen and oxygen atoms in total. The largest absolute Gasteiger partial charge is 0.486 e. The molecule has 1 aromatic carbocycles. The number of nitrogens with zero attached hydrogens (tertiary/aromatic N) is 2. The van der Waals surface area contributed by atoms with Crippen molar-refractivity contribution in [1.82, 2.24) is 20.1 Å². The first-order chi connectivity index (χ1) is 17.2. The number of carbonyl (C=O) groups is 1. The Hall–Kier alpha value is -2.78. The van der Waals surface area contributed by atoms with Gasteiger partial charge in [0.15, 0.2) is 11.5 Å². The topological polar surface area (TPSA) is 96.1 Å². The van der Waals surface area contributed by atoms with E-state index < -0.39 is 0 Å². The van der Waals surface area contributed by atoms with Crippen molar-refractivity contribution in [3.63, 3.8) is 0 Å². The van der Waals surface area contributed by atoms with Gasteiger partial charge in [-0.15, -0.1) is 0 Å². The van der Waals surface area contributed by atoms with Crippen molar-refractivity contribution in [1.29, 1.82) is 0 Å². The third kappa shape index (κ3) is 6.08. The van der Waals surface area contributed by atoms with Crippen molar-refractivity contribution in [2.75, 3.05) is 52.6 Å². The second-order valence-electron chi connectivity index (χ2n) is 9.72. The van der Waals surface area contributed by atoms with E-state index in [9.17, 15) is 9.59 Å². The van der Waals surface area contributed by atoms with Crippen LogP contribution < -0.4 is 20.3 Å². The van der Waals surface area contributed by atoms with E-state index in [1.807, 2.05) is 18.2 Å². The number of urea groups is 1. The maximum Gasteiger partial charge on any atom is 0.317 e. The first kappa shape index (κ1) is 23.9. The highest BCUT2D eigenvalue weighted by molar-refractivity contribution is 5.83. The van der Waals surface area contributed by atoms with Crippen LogP contribution in [0.4, 0.5) is 4.79 Å². The van der Waals surface area contributed by atoms with Crippen LogP contribution in [0.5, 0.6) is 11.5 Å². The third-order valence-corrected chi connectivity index (χ3v) is 7.17. The van der Waals surface area contributed by atoms with Crippen LogP contribution in [0, 0.1) is 0 Å². The summed E-state index contributed by atoms with van der Waals surface area (Å²) in [6.45, 7) is 6.14. The van der Waals surface area contributed by atoms with Crippen LogP contribution in [-0.2, 0) is 11.3 Å². The summed E-state index contributed by atoms with van der Waals surface area (Å²) in [4.78, 5) is 33.4. The molecule has 0 spiro atoms. The summed E-state index contributed by atoms with van der Waals surface area (Å²) in [7, 11) is 0. The van der Waals surface area contributed by atoms with Gasteiger partial charge in [0.25, 0.3) is 5.56 Å². The lowest BCUT2D eigenvalue weighted by Gasteiger charge is -2.30. The maximum atomic E-state index is 13.3. The average molecular weight is 485 g/mol. The van der Waals surface area contributed by atoms with Crippen LogP contribution in [0.2, 0.25) is 0 Å². The van der Waals surface area contributed by atoms with Crippen LogP contribution in [0.3, 0.4) is 0 Å². The monoisotopic (exact) mass is 484 g/mol. The lowest BCUT2D eigenvalue weighted by molar-refractivity contribution is 0.0364. The van der Waals surface area contributed by atoms with Crippen LogP contribution >= 0.6 is 0 Å². The molecule has 9 heteroatoms. The van der Waals surface area contributed by atoms with Gasteiger partial charge in [-0.05, 0) is 31.4 Å². The number of hydrogen-bond acceptors (Lipinski definition) is 6. The van der Waals surface area contributed by atoms with Gasteiger partial charge in [-0.1, -0.05) is 19.3 Å². The Morgan fingerprint density at radius 2 is 1.77 bits per heavy atom. The lowest BCUT2D eigenvalue weighted by Crippen LogP contribution is -2.46. The fraction of sp³-hybridized carbons (Fsp3) is 0.615. The summed E-state index contributed by atoms with van der Waals surface area (Å²) in [6, 6.07) is 5.71. The summed E-state index contributed by atoms with van der Waals surface area (Å²) < 4.78 is 16.8. The van der Waals surface area contributed by atoms with E-state index in [4.69, 9.17) is 14.2 Å². The fourth-order valence-corrected chi connectivity index (χ4v) is 5.19. The molecule has 1 aliphatic carbocycles. The standard InChI is InChI=1S/C26H36N4O5/c31-25-20(15-19-16-23-24(17-22(19)28-25)35-14-13-34-23)18-30(8-4-7-29-9-11-33-12-10-29)26(32)27-21-5-2-1-3-6-21/h15-17,21H,1-14,18H2,(H,27,32)(H,28,31). The van der Waals surface area contributed by atoms with Gasteiger partial charge in [-0.2, -0.15) is 0 Å². The fourth-order valence-electron chi connectivity index (χ4n) is 5.19. The summed E-state index contributed by atoms with van der Waals surface area (Å²) in [5.41, 5.74) is 1.09. The molecule has 3 heterocycles. The number of morpholine rings is 1. The van der Waals surface area contributed by atoms with E-state index in [1.54, 1.807) is 4.90 Å². The SMILES string of the molecule is O=C(NC1CCCCC1)N(CCCN1CCOCC1)Cc1cc2cc3c(cc2[nH]c1=O)OCCO3. The zero-order chi connectivity index (χ0) is 24.0. The Morgan fingerprint density at radius 3 is 2.54 bits per heavy atom. The number of nitrogens with one attached hydrogen (secondary N) is 2. The first-order valence-electron chi connectivity index (χ1n) is 13.0. The predicted octanol–water partition coefficient (Wildman–Crippen LogP) is 2.87. The number of aromatic amines is 1. The normalized spacial score (nSPS) is 19.0. The molecular weight excluding hydrogens is 448 g/mol. The molecule has 2 aromatic rings. The Kier molecular flexibility index (Phi) is 7.73. The molecule has 0 atom stereocenters. The van der Waals surface area contributed by atoms with Gasteiger partial charge in [-0.25, -0.2) is 4.79 Å². The van der Waals surface area contributed by atoms with Gasteiger partial charge in [-0.3, -0.25) is 9.69 Å². The van der Waals surface area contributed by atoms with Crippen LogP contribution in [0.25, 0.3) is 10.9 Å². The van der Waals surface area contributed by atoms with Crippen LogP contribution in [0.1, 0.15) is 44.1 Å². The zero-order valence-electron chi connectivity index (χ0n) is 20.4. The van der Waals surface area contributed by atoms with Crippen molar-refractivity contribution < 1.29 is 19.0 Å². The molecule has 1 aromatic heterocycles. The highest BCUT2D eigenvalue weighted by atomic mass is 16.6. The Bertz CT molecular complexity index is 1080. The number of aromatic nitrogens is 1. The summed E-state index contributed by atoms with van der Waals surface area (Å²) in [6.07, 6.45) is 6.45. The van der Waals surface area contributed by atoms with E-state index in [1.165, 1.54) is 6.42 Å². The Morgan fingerprint density at radius 1 is 1.03 bits per heavy atom. The van der Waals surface area contributed by atoms with E-state index in [-0.39, 0.29) is 24.2 Å². The minimum atomic E-state index is -0.183. The summed E-state index contributed by atoms with van der Waals surface area (Å²) in [5.74, 6) is 1.32. The molecule has 0 unspecified atom stereocenters. The second kappa shape index (κ2) is 11.3. The molecular formula is C26H36N4O5. The molecule has 2 fully saturated rings. The average Bonchev–Trinajstić information content (AvgIpc) is 2.88. The van der Waals surface area contributed by atoms with Gasteiger partial charge < -0.3 is 29.4 Å². The molecule has 2 aliphatic heterocycles. The van der Waals surface area contributed by atoms with Crippen LogP contribution in [-0.4, -0.2) is 79.5 Å². The minimum absolute atomic E-state index is 0.0828. The molecule has 1 saturated heterocycles. The number of pyridine rings is 1. The van der Waals surface area contributed by atoms with E-state index in [2.05, 4.69) is 15.2 Å². The van der Waals surface area contributed by atoms with Gasteiger partial charge in [0.2, 0.25) is 0 Å². The number of fused-ring (bicyclic) bond motifs is 2. The van der Waals surface area contributed by atoms with Crippen molar-refractivity contribution in [3.05, 3.63) is 34.1 Å². The number of rotatable bonds is 7. The highest BCUT2D eigenvalue weighted by Gasteiger charge is 2.22. The predicted molar refractivity (Wildman–Crippen MR) is 133 cm³/mol. The van der Waals surface area contributed by atoms with Crippen molar-refractivity contribution in [2.45, 2.75) is 51.1 Å². The quantitative estimate of drug-likeness (QED) is 0.628. The molecule has 0 radical (unpaired) electrons. The van der Waals surface area contributed by atoms with Crippen molar-refractivity contribution in [3.8, 4) is 11.5 Å². The van der Waals surface area contributed by atoms with Crippen molar-refractivity contribution >= 4 is 16.9 Å². The second-order valence-corrected chi connectivity index (χ2v) is 9.72. The molecule has 35 heavy (non-hydrogen) atoms. The number of benzene rings is 1. The molecule has 190 valence electrons. The Labute approximate surface area is 205 Å². The van der Waals surface area contributed by atoms with E-state index in [0.29, 0.717) is 42.3 Å². The van der Waals surface area contributed by atoms with Crippen LogP contribution in [0.15, 0.2) is 23.0 Å². The summed E-state index contributed by atoms with van der Waals surface area (Å²) >= 11 is 0. The highest BCUT2D eigenvalue weighted by Crippen LogP contribution is 2.33. The number of amides is 2. The van der Waals surface area contributed by atoms with Crippen molar-refractivity contribution in [2.24, 2.45) is 0 Å². The van der Waals surface area contributed by atoms with E-state index in [0.717, 1.165) is 70.3 Å². The summed E-state index contributed by atoms with van der Waals surface area (Å²) in [5, 5.41) is 4.10. The van der Waals surface area contributed by atoms with E-state index >= 15 is 0 Å². The zero-order valence-corrected chi connectivity index (χ0v) is 20.4. The smallest absolute Gasteiger partial charge is 0.317 e. The molecule has 2 N–H and O–H groups in total.